The number of benzene rings is 1. The molecule has 2 amide bonds. The minimum atomic E-state index is -0.423. The van der Waals surface area contributed by atoms with E-state index in [0.29, 0.717) is 5.92 Å². The van der Waals surface area contributed by atoms with E-state index in [1.54, 1.807) is 6.07 Å². The first-order chi connectivity index (χ1) is 12.1. The number of nitrogens with one attached hydrogen (secondary N) is 3. The van der Waals surface area contributed by atoms with E-state index in [4.69, 9.17) is 0 Å². The van der Waals surface area contributed by atoms with Gasteiger partial charge in [-0.15, -0.1) is 0 Å². The van der Waals surface area contributed by atoms with Crippen molar-refractivity contribution < 1.29 is 9.59 Å². The molecule has 2 aromatic rings. The Kier molecular flexibility index (Phi) is 5.48. The highest BCUT2D eigenvalue weighted by molar-refractivity contribution is 5.94. The van der Waals surface area contributed by atoms with Gasteiger partial charge in [0.05, 0.1) is 5.92 Å². The minimum Gasteiger partial charge on any atom is -0.282 e. The summed E-state index contributed by atoms with van der Waals surface area (Å²) in [5.74, 6) is -0.532. The molecule has 1 aromatic heterocycles. The van der Waals surface area contributed by atoms with Crippen molar-refractivity contribution in [1.29, 1.82) is 0 Å². The van der Waals surface area contributed by atoms with Gasteiger partial charge in [-0.05, 0) is 37.3 Å². The second-order valence-electron chi connectivity index (χ2n) is 6.67. The maximum absolute atomic E-state index is 12.8. The molecule has 3 rings (SSSR count). The Morgan fingerprint density at radius 2 is 1.84 bits per heavy atom. The molecular formula is C19H24N4O2. The van der Waals surface area contributed by atoms with Crippen LogP contribution in [0.2, 0.25) is 0 Å². The molecule has 3 N–H and O–H groups in total. The molecule has 1 unspecified atom stereocenters. The summed E-state index contributed by atoms with van der Waals surface area (Å²) in [6, 6.07) is 11.4. The zero-order valence-corrected chi connectivity index (χ0v) is 14.4. The Bertz CT molecular complexity index is 720. The van der Waals surface area contributed by atoms with Crippen molar-refractivity contribution in [2.24, 2.45) is 5.92 Å². The summed E-state index contributed by atoms with van der Waals surface area (Å²) in [4.78, 5) is 24.9. The molecule has 1 heterocycles. The normalized spacial score (nSPS) is 16.2. The van der Waals surface area contributed by atoms with Gasteiger partial charge in [0, 0.05) is 5.69 Å². The molecule has 1 aromatic carbocycles. The first-order valence-electron chi connectivity index (χ1n) is 8.82. The van der Waals surface area contributed by atoms with Crippen LogP contribution in [0.4, 0.5) is 0 Å². The van der Waals surface area contributed by atoms with E-state index in [1.165, 1.54) is 6.42 Å². The fraction of sp³-hybridized carbons (Fsp3) is 0.421. The van der Waals surface area contributed by atoms with Crippen LogP contribution in [0, 0.1) is 12.8 Å². The van der Waals surface area contributed by atoms with E-state index < -0.39 is 5.91 Å². The van der Waals surface area contributed by atoms with E-state index in [9.17, 15) is 9.59 Å². The van der Waals surface area contributed by atoms with E-state index >= 15 is 0 Å². The number of hydrogen-bond acceptors (Lipinski definition) is 3. The Hall–Kier alpha value is -2.63. The molecule has 132 valence electrons. The number of aryl methyl sites for hydroxylation is 1. The molecule has 1 atom stereocenters. The summed E-state index contributed by atoms with van der Waals surface area (Å²) < 4.78 is 0. The quantitative estimate of drug-likeness (QED) is 0.748. The molecule has 6 nitrogen and oxygen atoms in total. The van der Waals surface area contributed by atoms with Crippen LogP contribution in [0.25, 0.3) is 0 Å². The van der Waals surface area contributed by atoms with Gasteiger partial charge in [0.2, 0.25) is 5.91 Å². The molecule has 0 saturated heterocycles. The maximum Gasteiger partial charge on any atom is 0.290 e. The highest BCUT2D eigenvalue weighted by Crippen LogP contribution is 2.36. The summed E-state index contributed by atoms with van der Waals surface area (Å²) >= 11 is 0. The van der Waals surface area contributed by atoms with Crippen LogP contribution >= 0.6 is 0 Å². The molecule has 0 spiro atoms. The third kappa shape index (κ3) is 4.26. The monoisotopic (exact) mass is 340 g/mol. The lowest BCUT2D eigenvalue weighted by Gasteiger charge is -2.29. The molecule has 0 bridgehead atoms. The number of nitrogens with zero attached hydrogens (tertiary/aromatic N) is 1. The molecule has 6 heteroatoms. The van der Waals surface area contributed by atoms with Crippen LogP contribution in [0.3, 0.4) is 0 Å². The highest BCUT2D eigenvalue weighted by atomic mass is 16.2. The van der Waals surface area contributed by atoms with E-state index in [-0.39, 0.29) is 17.5 Å². The van der Waals surface area contributed by atoms with Crippen molar-refractivity contribution in [3.8, 4) is 0 Å². The first-order valence-corrected chi connectivity index (χ1v) is 8.82. The second kappa shape index (κ2) is 7.96. The van der Waals surface area contributed by atoms with Crippen molar-refractivity contribution in [1.82, 2.24) is 21.0 Å². The standard InChI is InChI=1S/C19H24N4O2/c1-13-12-16(21-20-13)18(24)22-23-19(25)17(14-8-4-2-5-9-14)15-10-6-3-7-11-15/h2,4-5,8-9,12,15,17H,3,6-7,10-11H2,1H3,(H,20,21)(H,22,24)(H,23,25). The van der Waals surface area contributed by atoms with Gasteiger partial charge in [0.25, 0.3) is 5.91 Å². The van der Waals surface area contributed by atoms with Gasteiger partial charge in [-0.2, -0.15) is 5.10 Å². The van der Waals surface area contributed by atoms with Gasteiger partial charge in [0.15, 0.2) is 5.69 Å². The Morgan fingerprint density at radius 3 is 2.48 bits per heavy atom. The lowest BCUT2D eigenvalue weighted by atomic mass is 9.76. The van der Waals surface area contributed by atoms with E-state index in [2.05, 4.69) is 21.0 Å². The van der Waals surface area contributed by atoms with Crippen molar-refractivity contribution in [2.45, 2.75) is 44.9 Å². The molecule has 25 heavy (non-hydrogen) atoms. The summed E-state index contributed by atoms with van der Waals surface area (Å²) in [6.45, 7) is 1.82. The summed E-state index contributed by atoms with van der Waals surface area (Å²) in [6.07, 6.45) is 5.62. The van der Waals surface area contributed by atoms with Crippen LogP contribution in [0.15, 0.2) is 36.4 Å². The van der Waals surface area contributed by atoms with Crippen molar-refractivity contribution in [2.75, 3.05) is 0 Å². The number of carbonyl (C=O) groups is 2. The second-order valence-corrected chi connectivity index (χ2v) is 6.67. The van der Waals surface area contributed by atoms with Crippen LogP contribution in [-0.4, -0.2) is 22.0 Å². The van der Waals surface area contributed by atoms with Crippen LogP contribution in [0.5, 0.6) is 0 Å². The van der Waals surface area contributed by atoms with Crippen LogP contribution in [0.1, 0.15) is 59.8 Å². The minimum absolute atomic E-state index is 0.168. The molecular weight excluding hydrogens is 316 g/mol. The smallest absolute Gasteiger partial charge is 0.282 e. The lowest BCUT2D eigenvalue weighted by Crippen LogP contribution is -2.45. The predicted octanol–water partition coefficient (Wildman–Crippen LogP) is 2.84. The highest BCUT2D eigenvalue weighted by Gasteiger charge is 2.31. The van der Waals surface area contributed by atoms with E-state index in [0.717, 1.165) is 36.9 Å². The third-order valence-electron chi connectivity index (χ3n) is 4.80. The summed E-state index contributed by atoms with van der Waals surface area (Å²) in [5, 5.41) is 6.61. The zero-order chi connectivity index (χ0) is 17.6. The van der Waals surface area contributed by atoms with Crippen molar-refractivity contribution in [3.05, 3.63) is 53.3 Å². The summed E-state index contributed by atoms with van der Waals surface area (Å²) in [5.41, 5.74) is 7.12. The fourth-order valence-electron chi connectivity index (χ4n) is 3.56. The average Bonchev–Trinajstić information content (AvgIpc) is 3.08. The maximum atomic E-state index is 12.8. The zero-order valence-electron chi connectivity index (χ0n) is 14.4. The average molecular weight is 340 g/mol. The van der Waals surface area contributed by atoms with Gasteiger partial charge in [-0.25, -0.2) is 0 Å². The van der Waals surface area contributed by atoms with Gasteiger partial charge in [0.1, 0.15) is 0 Å². The molecule has 1 aliphatic rings. The van der Waals surface area contributed by atoms with Gasteiger partial charge < -0.3 is 0 Å². The van der Waals surface area contributed by atoms with Crippen LogP contribution in [-0.2, 0) is 4.79 Å². The predicted molar refractivity (Wildman–Crippen MR) is 94.7 cm³/mol. The van der Waals surface area contributed by atoms with Crippen molar-refractivity contribution >= 4 is 11.8 Å². The third-order valence-corrected chi connectivity index (χ3v) is 4.80. The number of aromatic amines is 1. The molecule has 1 fully saturated rings. The largest absolute Gasteiger partial charge is 0.290 e. The Labute approximate surface area is 147 Å². The number of hydrogen-bond donors (Lipinski definition) is 3. The summed E-state index contributed by atoms with van der Waals surface area (Å²) in [7, 11) is 0. The lowest BCUT2D eigenvalue weighted by molar-refractivity contribution is -0.124. The van der Waals surface area contributed by atoms with Gasteiger partial charge in [-0.3, -0.25) is 25.5 Å². The Morgan fingerprint density at radius 1 is 1.12 bits per heavy atom. The number of amides is 2. The van der Waals surface area contributed by atoms with Crippen LogP contribution < -0.4 is 10.9 Å². The first kappa shape index (κ1) is 17.2. The van der Waals surface area contributed by atoms with Crippen molar-refractivity contribution in [3.63, 3.8) is 0 Å². The fourth-order valence-corrected chi connectivity index (χ4v) is 3.56. The Balaban J connectivity index is 1.69. The van der Waals surface area contributed by atoms with E-state index in [1.807, 2.05) is 37.3 Å². The van der Waals surface area contributed by atoms with Gasteiger partial charge >= 0.3 is 0 Å². The molecule has 1 saturated carbocycles. The molecule has 1 aliphatic carbocycles. The molecule has 0 radical (unpaired) electrons. The number of hydrazine groups is 1. The number of H-pyrrole nitrogens is 1. The van der Waals surface area contributed by atoms with Gasteiger partial charge in [-0.1, -0.05) is 49.6 Å². The number of rotatable bonds is 4. The number of aromatic nitrogens is 2. The topological polar surface area (TPSA) is 86.9 Å². The SMILES string of the molecule is Cc1cc(C(=O)NNC(=O)C(c2ccccc2)C2CCCCC2)n[nH]1. The number of carbonyl (C=O) groups excluding carboxylic acids is 2. The molecule has 0 aliphatic heterocycles.